The van der Waals surface area contributed by atoms with Gasteiger partial charge in [-0.2, -0.15) is 18.3 Å². The minimum Gasteiger partial charge on any atom is -0.425 e. The molecule has 2 heterocycles. The number of aromatic nitrogens is 4. The number of nitrogens with zero attached hydrogens (tertiary/aromatic N) is 3. The molecule has 7 nitrogen and oxygen atoms in total. The van der Waals surface area contributed by atoms with Gasteiger partial charge in [0.15, 0.2) is 0 Å². The van der Waals surface area contributed by atoms with Crippen LogP contribution in [-0.2, 0) is 19.0 Å². The smallest absolute Gasteiger partial charge is 0.420 e. The molecule has 0 bridgehead atoms. The van der Waals surface area contributed by atoms with Crippen LogP contribution in [0.3, 0.4) is 0 Å². The van der Waals surface area contributed by atoms with Gasteiger partial charge in [0.05, 0.1) is 6.20 Å². The van der Waals surface area contributed by atoms with Gasteiger partial charge in [0, 0.05) is 18.9 Å². The first-order valence-electron chi connectivity index (χ1n) is 8.09. The molecule has 0 radical (unpaired) electrons. The highest BCUT2D eigenvalue weighted by molar-refractivity contribution is 5.94. The number of aromatic amines is 1. The number of rotatable bonds is 5. The Morgan fingerprint density at radius 1 is 1.36 bits per heavy atom. The number of amides is 1. The van der Waals surface area contributed by atoms with E-state index in [9.17, 15) is 18.0 Å². The molecule has 1 aliphatic rings. The Morgan fingerprint density at radius 2 is 2.12 bits per heavy atom. The summed E-state index contributed by atoms with van der Waals surface area (Å²) in [6.07, 6.45) is -0.533. The second kappa shape index (κ2) is 6.85. The third kappa shape index (κ3) is 3.99. The van der Waals surface area contributed by atoms with Gasteiger partial charge in [-0.25, -0.2) is 0 Å². The number of hydrogen-bond acceptors (Lipinski definition) is 5. The fourth-order valence-electron chi connectivity index (χ4n) is 3.08. The summed E-state index contributed by atoms with van der Waals surface area (Å²) in [7, 11) is 0. The van der Waals surface area contributed by atoms with Crippen LogP contribution >= 0.6 is 0 Å². The average Bonchev–Trinajstić information content (AvgIpc) is 3.26. The topological polar surface area (TPSA) is 96.7 Å². The molecular weight excluding hydrogens is 339 g/mol. The fraction of sp³-hybridized carbons (Fsp3) is 0.600. The number of alkyl halides is 3. The maximum atomic E-state index is 12.8. The van der Waals surface area contributed by atoms with Crippen molar-refractivity contribution in [2.45, 2.75) is 51.2 Å². The van der Waals surface area contributed by atoms with Crippen LogP contribution in [0, 0.1) is 5.92 Å². The fourth-order valence-corrected chi connectivity index (χ4v) is 3.08. The molecule has 10 heteroatoms. The number of hydrogen-bond donors (Lipinski definition) is 2. The van der Waals surface area contributed by atoms with Crippen LogP contribution in [-0.4, -0.2) is 32.3 Å². The Labute approximate surface area is 141 Å². The van der Waals surface area contributed by atoms with Gasteiger partial charge in [0.25, 0.3) is 5.91 Å². The standard InChI is InChI=1S/C15H18F3N5O2/c1-2-11-21-22-12(25-11)6-8-3-4-9(5-8)20-14(24)13-10(7-19-23-13)15(16,17)18/h7-9H,2-6H2,1H3,(H,19,23)(H,20,24)/t8-,9+/m1/s1. The van der Waals surface area contributed by atoms with E-state index in [0.717, 1.165) is 6.42 Å². The predicted molar refractivity (Wildman–Crippen MR) is 79.6 cm³/mol. The minimum absolute atomic E-state index is 0.185. The highest BCUT2D eigenvalue weighted by Gasteiger charge is 2.38. The maximum absolute atomic E-state index is 12.8. The molecule has 1 amide bonds. The van der Waals surface area contributed by atoms with Crippen LogP contribution in [0.4, 0.5) is 13.2 Å². The summed E-state index contributed by atoms with van der Waals surface area (Å²) in [4.78, 5) is 12.1. The first kappa shape index (κ1) is 17.4. The summed E-state index contributed by atoms with van der Waals surface area (Å²) in [5, 5.41) is 16.0. The zero-order valence-electron chi connectivity index (χ0n) is 13.6. The largest absolute Gasteiger partial charge is 0.425 e. The van der Waals surface area contributed by atoms with E-state index in [0.29, 0.717) is 43.7 Å². The predicted octanol–water partition coefficient (Wildman–Crippen LogP) is 2.52. The summed E-state index contributed by atoms with van der Waals surface area (Å²) in [5.74, 6) is 0.597. The van der Waals surface area contributed by atoms with Crippen LogP contribution in [0.2, 0.25) is 0 Å². The number of carbonyl (C=O) groups is 1. The zero-order chi connectivity index (χ0) is 18.0. The average molecular weight is 357 g/mol. The molecule has 25 heavy (non-hydrogen) atoms. The van der Waals surface area contributed by atoms with Crippen LogP contribution in [0.5, 0.6) is 0 Å². The highest BCUT2D eigenvalue weighted by atomic mass is 19.4. The molecule has 2 atom stereocenters. The second-order valence-electron chi connectivity index (χ2n) is 6.15. The van der Waals surface area contributed by atoms with Crippen molar-refractivity contribution in [2.24, 2.45) is 5.92 Å². The monoisotopic (exact) mass is 357 g/mol. The van der Waals surface area contributed by atoms with E-state index in [1.54, 1.807) is 0 Å². The molecule has 0 saturated heterocycles. The Bertz CT molecular complexity index is 740. The third-order valence-electron chi connectivity index (χ3n) is 4.32. The van der Waals surface area contributed by atoms with Gasteiger partial charge in [0.1, 0.15) is 11.3 Å². The number of carbonyl (C=O) groups excluding carboxylic acids is 1. The van der Waals surface area contributed by atoms with Gasteiger partial charge >= 0.3 is 6.18 Å². The Hall–Kier alpha value is -2.39. The van der Waals surface area contributed by atoms with Gasteiger partial charge in [-0.05, 0) is 25.2 Å². The molecule has 0 unspecified atom stereocenters. The van der Waals surface area contributed by atoms with Crippen LogP contribution in [0.1, 0.15) is 54.0 Å². The van der Waals surface area contributed by atoms with Gasteiger partial charge in [-0.3, -0.25) is 9.89 Å². The Kier molecular flexibility index (Phi) is 4.78. The number of halogens is 3. The quantitative estimate of drug-likeness (QED) is 0.857. The number of aryl methyl sites for hydroxylation is 1. The lowest BCUT2D eigenvalue weighted by molar-refractivity contribution is -0.137. The molecule has 2 N–H and O–H groups in total. The molecule has 2 aromatic heterocycles. The lowest BCUT2D eigenvalue weighted by Gasteiger charge is -2.13. The lowest BCUT2D eigenvalue weighted by atomic mass is 10.0. The van der Waals surface area contributed by atoms with Crippen molar-refractivity contribution in [1.29, 1.82) is 0 Å². The van der Waals surface area contributed by atoms with Crippen molar-refractivity contribution in [3.8, 4) is 0 Å². The summed E-state index contributed by atoms with van der Waals surface area (Å²) in [6, 6.07) is -0.185. The molecule has 1 saturated carbocycles. The molecule has 0 aromatic carbocycles. The van der Waals surface area contributed by atoms with Crippen molar-refractivity contribution in [3.05, 3.63) is 29.2 Å². The molecule has 3 rings (SSSR count). The van der Waals surface area contributed by atoms with Crippen molar-refractivity contribution in [3.63, 3.8) is 0 Å². The molecule has 0 spiro atoms. The SMILES string of the molecule is CCc1nnc(C[C@@H]2CC[C@H](NC(=O)c3[nH]ncc3C(F)(F)F)C2)o1. The number of H-pyrrole nitrogens is 1. The Morgan fingerprint density at radius 3 is 2.80 bits per heavy atom. The Balaban J connectivity index is 1.56. The third-order valence-corrected chi connectivity index (χ3v) is 4.32. The molecule has 0 aliphatic heterocycles. The van der Waals surface area contributed by atoms with Crippen molar-refractivity contribution in [1.82, 2.24) is 25.7 Å². The van der Waals surface area contributed by atoms with E-state index in [4.69, 9.17) is 4.42 Å². The van der Waals surface area contributed by atoms with Gasteiger partial charge in [-0.15, -0.1) is 10.2 Å². The van der Waals surface area contributed by atoms with Crippen LogP contribution in [0.15, 0.2) is 10.6 Å². The maximum Gasteiger partial charge on any atom is 0.420 e. The molecule has 1 fully saturated rings. The first-order chi connectivity index (χ1) is 11.9. The molecule has 1 aliphatic carbocycles. The number of nitrogens with one attached hydrogen (secondary N) is 2. The summed E-state index contributed by atoms with van der Waals surface area (Å²) in [6.45, 7) is 1.92. The minimum atomic E-state index is -4.62. The van der Waals surface area contributed by atoms with E-state index in [1.807, 2.05) is 6.92 Å². The molecule has 136 valence electrons. The second-order valence-corrected chi connectivity index (χ2v) is 6.15. The first-order valence-corrected chi connectivity index (χ1v) is 8.09. The normalized spacial score (nSPS) is 20.8. The van der Waals surface area contributed by atoms with E-state index >= 15 is 0 Å². The van der Waals surface area contributed by atoms with Gasteiger partial charge in [-0.1, -0.05) is 6.92 Å². The summed E-state index contributed by atoms with van der Waals surface area (Å²) < 4.78 is 44.0. The van der Waals surface area contributed by atoms with Gasteiger partial charge < -0.3 is 9.73 Å². The van der Waals surface area contributed by atoms with Gasteiger partial charge in [0.2, 0.25) is 11.8 Å². The van der Waals surface area contributed by atoms with Crippen LogP contribution < -0.4 is 5.32 Å². The van der Waals surface area contributed by atoms with Crippen LogP contribution in [0.25, 0.3) is 0 Å². The van der Waals surface area contributed by atoms with Crippen molar-refractivity contribution >= 4 is 5.91 Å². The summed E-state index contributed by atoms with van der Waals surface area (Å²) >= 11 is 0. The van der Waals surface area contributed by atoms with Crippen molar-refractivity contribution in [2.75, 3.05) is 0 Å². The van der Waals surface area contributed by atoms with E-state index < -0.39 is 23.3 Å². The lowest BCUT2D eigenvalue weighted by Crippen LogP contribution is -2.34. The zero-order valence-corrected chi connectivity index (χ0v) is 13.6. The van der Waals surface area contributed by atoms with E-state index in [-0.39, 0.29) is 12.0 Å². The highest BCUT2D eigenvalue weighted by Crippen LogP contribution is 2.32. The summed E-state index contributed by atoms with van der Waals surface area (Å²) in [5.41, 5.74) is -1.61. The van der Waals surface area contributed by atoms with E-state index in [1.165, 1.54) is 0 Å². The molecule has 2 aromatic rings. The van der Waals surface area contributed by atoms with E-state index in [2.05, 4.69) is 25.7 Å². The molecular formula is C15H18F3N5O2. The van der Waals surface area contributed by atoms with Crippen molar-refractivity contribution < 1.29 is 22.4 Å².